The van der Waals surface area contributed by atoms with Crippen LogP contribution in [-0.2, 0) is 0 Å². The van der Waals surface area contributed by atoms with Gasteiger partial charge in [-0.3, -0.25) is 4.79 Å². The number of hydrogen-bond acceptors (Lipinski definition) is 6. The Kier molecular flexibility index (Phi) is 8.28. The molecule has 0 unspecified atom stereocenters. The summed E-state index contributed by atoms with van der Waals surface area (Å²) < 4.78 is 13.6. The highest BCUT2D eigenvalue weighted by Gasteiger charge is 2.09. The minimum atomic E-state index is 0.0324. The fraction of sp³-hybridized carbons (Fsp3) is 0.435. The molecule has 0 amide bonds. The molecule has 3 rings (SSSR count). The largest absolute Gasteiger partial charge is 0.494 e. The fourth-order valence-electron chi connectivity index (χ4n) is 3.12. The smallest absolute Gasteiger partial charge is 0.196 e. The molecule has 0 aliphatic rings. The lowest BCUT2D eigenvalue weighted by atomic mass is 10.1. The molecule has 6 heteroatoms. The Hall–Kier alpha value is -2.15. The van der Waals surface area contributed by atoms with Gasteiger partial charge in [0.1, 0.15) is 11.5 Å². The number of ether oxygens (including phenoxy) is 2. The second-order valence-corrected chi connectivity index (χ2v) is 7.94. The van der Waals surface area contributed by atoms with Crippen LogP contribution in [0.3, 0.4) is 0 Å². The first kappa shape index (κ1) is 21.6. The maximum absolute atomic E-state index is 13.1. The van der Waals surface area contributed by atoms with Crippen molar-refractivity contribution in [1.29, 1.82) is 0 Å². The average molecular weight is 415 g/mol. The second-order valence-electron chi connectivity index (χ2n) is 6.86. The van der Waals surface area contributed by atoms with Gasteiger partial charge in [-0.15, -0.1) is 11.3 Å². The lowest BCUT2D eigenvalue weighted by molar-refractivity contribution is 0.309. The van der Waals surface area contributed by atoms with Crippen molar-refractivity contribution in [3.63, 3.8) is 0 Å². The van der Waals surface area contributed by atoms with Gasteiger partial charge in [0, 0.05) is 20.2 Å². The van der Waals surface area contributed by atoms with Gasteiger partial charge in [-0.2, -0.15) is 0 Å². The third kappa shape index (κ3) is 5.92. The summed E-state index contributed by atoms with van der Waals surface area (Å²) in [6.07, 6.45) is 1.87. The minimum Gasteiger partial charge on any atom is -0.494 e. The van der Waals surface area contributed by atoms with Crippen LogP contribution >= 0.6 is 11.3 Å². The SMILES string of the molecule is CCNCCCOc1ccc2sc3ccc(OCCCNCC)cc3c(=O)c2c1. The number of nitrogens with one attached hydrogen (secondary N) is 2. The summed E-state index contributed by atoms with van der Waals surface area (Å²) in [5.74, 6) is 1.49. The molecule has 0 atom stereocenters. The van der Waals surface area contributed by atoms with Crippen molar-refractivity contribution >= 4 is 31.5 Å². The zero-order chi connectivity index (χ0) is 20.5. The van der Waals surface area contributed by atoms with Crippen molar-refractivity contribution in [2.24, 2.45) is 0 Å². The third-order valence-corrected chi connectivity index (χ3v) is 5.80. The molecule has 156 valence electrons. The Labute approximate surface area is 176 Å². The molecule has 5 nitrogen and oxygen atoms in total. The quantitative estimate of drug-likeness (QED) is 0.344. The molecule has 0 saturated carbocycles. The van der Waals surface area contributed by atoms with Gasteiger partial charge >= 0.3 is 0 Å². The van der Waals surface area contributed by atoms with Crippen molar-refractivity contribution in [1.82, 2.24) is 10.6 Å². The summed E-state index contributed by atoms with van der Waals surface area (Å²) in [6, 6.07) is 11.6. The van der Waals surface area contributed by atoms with E-state index in [1.165, 1.54) is 0 Å². The normalized spacial score (nSPS) is 11.2. The molecule has 0 bridgehead atoms. The Morgan fingerprint density at radius 3 is 1.72 bits per heavy atom. The van der Waals surface area contributed by atoms with Gasteiger partial charge in [0.15, 0.2) is 5.43 Å². The van der Waals surface area contributed by atoms with Gasteiger partial charge < -0.3 is 20.1 Å². The molecule has 0 radical (unpaired) electrons. The molecular weight excluding hydrogens is 384 g/mol. The summed E-state index contributed by atoms with van der Waals surface area (Å²) in [5, 5.41) is 7.97. The number of fused-ring (bicyclic) bond motifs is 2. The fourth-order valence-corrected chi connectivity index (χ4v) is 4.15. The van der Waals surface area contributed by atoms with Gasteiger partial charge in [-0.25, -0.2) is 0 Å². The van der Waals surface area contributed by atoms with Crippen LogP contribution in [0.5, 0.6) is 11.5 Å². The molecule has 2 N–H and O–H groups in total. The van der Waals surface area contributed by atoms with Crippen LogP contribution in [0.1, 0.15) is 26.7 Å². The lowest BCUT2D eigenvalue weighted by Gasteiger charge is -2.09. The number of hydrogen-bond donors (Lipinski definition) is 2. The summed E-state index contributed by atoms with van der Waals surface area (Å²) in [5.41, 5.74) is 0.0324. The molecule has 0 aliphatic heterocycles. The van der Waals surface area contributed by atoms with Crippen LogP contribution in [0.2, 0.25) is 0 Å². The molecule has 3 aromatic rings. The molecule has 0 saturated heterocycles. The van der Waals surface area contributed by atoms with Gasteiger partial charge in [-0.1, -0.05) is 13.8 Å². The first-order valence-electron chi connectivity index (χ1n) is 10.4. The summed E-state index contributed by atoms with van der Waals surface area (Å²) in [7, 11) is 0. The van der Waals surface area contributed by atoms with E-state index < -0.39 is 0 Å². The van der Waals surface area contributed by atoms with E-state index in [0.717, 1.165) is 59.9 Å². The average Bonchev–Trinajstić information content (AvgIpc) is 2.74. The van der Waals surface area contributed by atoms with E-state index in [1.807, 2.05) is 36.4 Å². The maximum atomic E-state index is 13.1. The molecule has 1 aromatic heterocycles. The van der Waals surface area contributed by atoms with Crippen molar-refractivity contribution in [2.45, 2.75) is 26.7 Å². The van der Waals surface area contributed by atoms with Crippen LogP contribution < -0.4 is 25.5 Å². The number of rotatable bonds is 12. The van der Waals surface area contributed by atoms with E-state index in [4.69, 9.17) is 9.47 Å². The Morgan fingerprint density at radius 1 is 0.793 bits per heavy atom. The van der Waals surface area contributed by atoms with Crippen LogP contribution in [0.4, 0.5) is 0 Å². The Bertz CT molecular complexity index is 912. The lowest BCUT2D eigenvalue weighted by Crippen LogP contribution is -2.16. The molecule has 29 heavy (non-hydrogen) atoms. The first-order valence-corrected chi connectivity index (χ1v) is 11.2. The van der Waals surface area contributed by atoms with Gasteiger partial charge in [0.2, 0.25) is 0 Å². The summed E-state index contributed by atoms with van der Waals surface area (Å²) >= 11 is 1.62. The maximum Gasteiger partial charge on any atom is 0.196 e. The molecule has 1 heterocycles. The van der Waals surface area contributed by atoms with Crippen molar-refractivity contribution in [3.05, 3.63) is 46.6 Å². The monoisotopic (exact) mass is 414 g/mol. The van der Waals surface area contributed by atoms with E-state index in [0.29, 0.717) is 24.0 Å². The molecule has 0 fully saturated rings. The predicted molar refractivity (Wildman–Crippen MR) is 123 cm³/mol. The zero-order valence-electron chi connectivity index (χ0n) is 17.3. The van der Waals surface area contributed by atoms with Crippen LogP contribution in [0.15, 0.2) is 41.2 Å². The number of benzene rings is 2. The Morgan fingerprint density at radius 2 is 1.28 bits per heavy atom. The highest BCUT2D eigenvalue weighted by Crippen LogP contribution is 2.29. The Balaban J connectivity index is 1.76. The van der Waals surface area contributed by atoms with Gasteiger partial charge in [0.05, 0.1) is 13.2 Å². The van der Waals surface area contributed by atoms with E-state index in [1.54, 1.807) is 11.3 Å². The van der Waals surface area contributed by atoms with Gasteiger partial charge in [-0.05, 0) is 75.4 Å². The molecule has 0 aliphatic carbocycles. The minimum absolute atomic E-state index is 0.0324. The van der Waals surface area contributed by atoms with Crippen LogP contribution in [0, 0.1) is 0 Å². The van der Waals surface area contributed by atoms with Crippen molar-refractivity contribution in [2.75, 3.05) is 39.4 Å². The molecule has 0 spiro atoms. The highest BCUT2D eigenvalue weighted by molar-refractivity contribution is 7.24. The molecular formula is C23H30N2O3S. The van der Waals surface area contributed by atoms with Crippen LogP contribution in [0.25, 0.3) is 20.2 Å². The van der Waals surface area contributed by atoms with E-state index >= 15 is 0 Å². The summed E-state index contributed by atoms with van der Waals surface area (Å²) in [4.78, 5) is 13.1. The van der Waals surface area contributed by atoms with Crippen LogP contribution in [-0.4, -0.2) is 39.4 Å². The van der Waals surface area contributed by atoms with Gasteiger partial charge in [0.25, 0.3) is 0 Å². The second kappa shape index (κ2) is 11.1. The summed E-state index contributed by atoms with van der Waals surface area (Å²) in [6.45, 7) is 9.23. The zero-order valence-corrected chi connectivity index (χ0v) is 18.1. The molecule has 2 aromatic carbocycles. The third-order valence-electron chi connectivity index (χ3n) is 4.64. The topological polar surface area (TPSA) is 59.6 Å². The van der Waals surface area contributed by atoms with E-state index in [9.17, 15) is 4.79 Å². The van der Waals surface area contributed by atoms with Crippen molar-refractivity contribution < 1.29 is 9.47 Å². The first-order chi connectivity index (χ1) is 14.2. The van der Waals surface area contributed by atoms with Crippen molar-refractivity contribution in [3.8, 4) is 11.5 Å². The predicted octanol–water partition coefficient (Wildman–Crippen LogP) is 4.17. The standard InChI is InChI=1S/C23H30N2O3S/c1-3-24-11-5-13-27-17-7-9-21-19(15-17)23(26)20-16-18(8-10-22(20)29-21)28-14-6-12-25-4-2/h7-10,15-16,24-25H,3-6,11-14H2,1-2H3. The van der Waals surface area contributed by atoms with E-state index in [2.05, 4.69) is 24.5 Å². The highest BCUT2D eigenvalue weighted by atomic mass is 32.1. The van der Waals surface area contributed by atoms with E-state index in [-0.39, 0.29) is 5.43 Å².